The van der Waals surface area contributed by atoms with Crippen LogP contribution in [-0.2, 0) is 11.0 Å². The molecule has 0 aliphatic rings. The molecule has 1 amide bonds. The fourth-order valence-electron chi connectivity index (χ4n) is 1.50. The average molecular weight is 297 g/mol. The summed E-state index contributed by atoms with van der Waals surface area (Å²) < 4.78 is 37.5. The standard InChI is InChI=1S/C14H10F3NOS/c15-14(16,17)11-2-1-3-12(8-11)18-13(19)5-4-10-6-7-20-9-10/h1-9H,(H,18,19)/b5-4+. The molecule has 20 heavy (non-hydrogen) atoms. The topological polar surface area (TPSA) is 29.1 Å². The Kier molecular flexibility index (Phi) is 4.24. The molecule has 1 aromatic heterocycles. The maximum Gasteiger partial charge on any atom is 0.416 e. The van der Waals surface area contributed by atoms with E-state index in [-0.39, 0.29) is 5.69 Å². The molecule has 0 spiro atoms. The zero-order valence-electron chi connectivity index (χ0n) is 10.1. The van der Waals surface area contributed by atoms with Crippen LogP contribution in [0.3, 0.4) is 0 Å². The summed E-state index contributed by atoms with van der Waals surface area (Å²) in [6.07, 6.45) is -1.55. The third-order valence-electron chi connectivity index (χ3n) is 2.43. The summed E-state index contributed by atoms with van der Waals surface area (Å²) in [5.41, 5.74) is 0.186. The fourth-order valence-corrected chi connectivity index (χ4v) is 2.13. The number of thiophene rings is 1. The molecule has 0 saturated heterocycles. The molecule has 2 rings (SSSR count). The highest BCUT2D eigenvalue weighted by Gasteiger charge is 2.30. The molecule has 6 heteroatoms. The number of amides is 1. The molecule has 2 nitrogen and oxygen atoms in total. The lowest BCUT2D eigenvalue weighted by molar-refractivity contribution is -0.137. The molecule has 1 heterocycles. The van der Waals surface area contributed by atoms with Crippen LogP contribution in [0.1, 0.15) is 11.1 Å². The van der Waals surface area contributed by atoms with Crippen LogP contribution < -0.4 is 5.32 Å². The van der Waals surface area contributed by atoms with Crippen molar-refractivity contribution in [1.29, 1.82) is 0 Å². The van der Waals surface area contributed by atoms with Crippen molar-refractivity contribution in [3.05, 3.63) is 58.3 Å². The Morgan fingerprint density at radius 2 is 2.05 bits per heavy atom. The van der Waals surface area contributed by atoms with E-state index in [4.69, 9.17) is 0 Å². The fraction of sp³-hybridized carbons (Fsp3) is 0.0714. The van der Waals surface area contributed by atoms with Gasteiger partial charge < -0.3 is 5.32 Å². The van der Waals surface area contributed by atoms with Gasteiger partial charge in [-0.1, -0.05) is 6.07 Å². The molecule has 0 atom stereocenters. The van der Waals surface area contributed by atoms with Crippen LogP contribution in [0.4, 0.5) is 18.9 Å². The zero-order valence-corrected chi connectivity index (χ0v) is 11.0. The van der Waals surface area contributed by atoms with Crippen LogP contribution in [0.5, 0.6) is 0 Å². The summed E-state index contributed by atoms with van der Waals surface area (Å²) in [6.45, 7) is 0. The predicted octanol–water partition coefficient (Wildman–Crippen LogP) is 4.42. The SMILES string of the molecule is O=C(/C=C/c1ccsc1)Nc1cccc(C(F)(F)F)c1. The third kappa shape index (κ3) is 3.96. The Morgan fingerprint density at radius 1 is 1.25 bits per heavy atom. The van der Waals surface area contributed by atoms with Gasteiger partial charge in [0.05, 0.1) is 5.56 Å². The normalized spacial score (nSPS) is 11.8. The summed E-state index contributed by atoms with van der Waals surface area (Å²) in [4.78, 5) is 11.6. The molecule has 2 aromatic rings. The van der Waals surface area contributed by atoms with Gasteiger partial charge in [-0.3, -0.25) is 4.79 Å². The first-order valence-corrected chi connectivity index (χ1v) is 6.58. The van der Waals surface area contributed by atoms with Crippen molar-refractivity contribution in [3.63, 3.8) is 0 Å². The Balaban J connectivity index is 2.05. The molecule has 0 aliphatic carbocycles. The summed E-state index contributed by atoms with van der Waals surface area (Å²) >= 11 is 1.49. The molecule has 0 saturated carbocycles. The van der Waals surface area contributed by atoms with Crippen molar-refractivity contribution in [1.82, 2.24) is 0 Å². The third-order valence-corrected chi connectivity index (χ3v) is 3.13. The van der Waals surface area contributed by atoms with E-state index in [0.29, 0.717) is 0 Å². The first-order chi connectivity index (χ1) is 9.45. The number of alkyl halides is 3. The monoisotopic (exact) mass is 297 g/mol. The molecular formula is C14H10F3NOS. The highest BCUT2D eigenvalue weighted by molar-refractivity contribution is 7.08. The minimum absolute atomic E-state index is 0.111. The molecule has 104 valence electrons. The number of rotatable bonds is 3. The van der Waals surface area contributed by atoms with E-state index in [0.717, 1.165) is 17.7 Å². The summed E-state index contributed by atoms with van der Waals surface area (Å²) in [5, 5.41) is 6.12. The van der Waals surface area contributed by atoms with Crippen molar-refractivity contribution in [2.24, 2.45) is 0 Å². The number of carbonyl (C=O) groups is 1. The van der Waals surface area contributed by atoms with Crippen molar-refractivity contribution < 1.29 is 18.0 Å². The van der Waals surface area contributed by atoms with Crippen LogP contribution in [0.15, 0.2) is 47.2 Å². The van der Waals surface area contributed by atoms with E-state index in [1.54, 1.807) is 6.08 Å². The van der Waals surface area contributed by atoms with Gasteiger partial charge in [0.1, 0.15) is 0 Å². The Bertz CT molecular complexity index is 618. The second-order valence-electron chi connectivity index (χ2n) is 3.96. The lowest BCUT2D eigenvalue weighted by atomic mass is 10.2. The first kappa shape index (κ1) is 14.3. The van der Waals surface area contributed by atoms with Gasteiger partial charge >= 0.3 is 6.18 Å². The lowest BCUT2D eigenvalue weighted by Crippen LogP contribution is -2.10. The molecule has 1 aromatic carbocycles. The van der Waals surface area contributed by atoms with E-state index >= 15 is 0 Å². The highest BCUT2D eigenvalue weighted by Crippen LogP contribution is 2.30. The number of hydrogen-bond acceptors (Lipinski definition) is 2. The maximum absolute atomic E-state index is 12.5. The Morgan fingerprint density at radius 3 is 2.70 bits per heavy atom. The van der Waals surface area contributed by atoms with Crippen LogP contribution in [-0.4, -0.2) is 5.91 Å². The first-order valence-electron chi connectivity index (χ1n) is 5.64. The van der Waals surface area contributed by atoms with Gasteiger partial charge in [-0.15, -0.1) is 0 Å². The molecule has 0 aliphatic heterocycles. The van der Waals surface area contributed by atoms with Gasteiger partial charge in [-0.05, 0) is 46.7 Å². The zero-order chi connectivity index (χ0) is 14.6. The van der Waals surface area contributed by atoms with Crippen molar-refractivity contribution in [3.8, 4) is 0 Å². The molecule has 0 radical (unpaired) electrons. The van der Waals surface area contributed by atoms with Crippen molar-refractivity contribution >= 4 is 29.0 Å². The minimum Gasteiger partial charge on any atom is -0.322 e. The highest BCUT2D eigenvalue weighted by atomic mass is 32.1. The smallest absolute Gasteiger partial charge is 0.322 e. The number of hydrogen-bond donors (Lipinski definition) is 1. The van der Waals surface area contributed by atoms with Gasteiger partial charge in [0, 0.05) is 11.8 Å². The van der Waals surface area contributed by atoms with Crippen LogP contribution in [0.25, 0.3) is 6.08 Å². The minimum atomic E-state index is -4.42. The molecule has 0 unspecified atom stereocenters. The summed E-state index contributed by atoms with van der Waals surface area (Å²) in [7, 11) is 0. The van der Waals surface area contributed by atoms with E-state index in [2.05, 4.69) is 5.32 Å². The van der Waals surface area contributed by atoms with Gasteiger partial charge in [-0.2, -0.15) is 24.5 Å². The van der Waals surface area contributed by atoms with Crippen LogP contribution >= 0.6 is 11.3 Å². The average Bonchev–Trinajstić information content (AvgIpc) is 2.89. The maximum atomic E-state index is 12.5. The Labute approximate surface area is 117 Å². The number of benzene rings is 1. The van der Waals surface area contributed by atoms with Crippen LogP contribution in [0, 0.1) is 0 Å². The van der Waals surface area contributed by atoms with Crippen molar-refractivity contribution in [2.45, 2.75) is 6.18 Å². The van der Waals surface area contributed by atoms with E-state index in [1.165, 1.54) is 29.5 Å². The number of halogens is 3. The van der Waals surface area contributed by atoms with Gasteiger partial charge in [0.2, 0.25) is 5.91 Å². The number of carbonyl (C=O) groups excluding carboxylic acids is 1. The predicted molar refractivity (Wildman–Crippen MR) is 73.4 cm³/mol. The second-order valence-corrected chi connectivity index (χ2v) is 4.74. The van der Waals surface area contributed by atoms with E-state index in [9.17, 15) is 18.0 Å². The molecular weight excluding hydrogens is 287 g/mol. The summed E-state index contributed by atoms with van der Waals surface area (Å²) in [5.74, 6) is -0.476. The molecule has 0 bridgehead atoms. The molecule has 0 fully saturated rings. The lowest BCUT2D eigenvalue weighted by Gasteiger charge is -2.08. The van der Waals surface area contributed by atoms with Gasteiger partial charge in [-0.25, -0.2) is 0 Å². The number of anilines is 1. The van der Waals surface area contributed by atoms with E-state index in [1.807, 2.05) is 16.8 Å². The van der Waals surface area contributed by atoms with Gasteiger partial charge in [0.25, 0.3) is 0 Å². The summed E-state index contributed by atoms with van der Waals surface area (Å²) in [6, 6.07) is 6.35. The largest absolute Gasteiger partial charge is 0.416 e. The number of nitrogens with one attached hydrogen (secondary N) is 1. The van der Waals surface area contributed by atoms with Crippen molar-refractivity contribution in [2.75, 3.05) is 5.32 Å². The molecule has 1 N–H and O–H groups in total. The van der Waals surface area contributed by atoms with Crippen LogP contribution in [0.2, 0.25) is 0 Å². The second kappa shape index (κ2) is 5.92. The van der Waals surface area contributed by atoms with E-state index < -0.39 is 17.6 Å². The van der Waals surface area contributed by atoms with Gasteiger partial charge in [0.15, 0.2) is 0 Å². The Hall–Kier alpha value is -2.08. The quantitative estimate of drug-likeness (QED) is 0.835.